The molecule has 0 spiro atoms. The molecule has 28 heavy (non-hydrogen) atoms. The summed E-state index contributed by atoms with van der Waals surface area (Å²) in [6.45, 7) is 0.319. The van der Waals surface area contributed by atoms with Crippen LogP contribution in [0.4, 0.5) is 5.69 Å². The Kier molecular flexibility index (Phi) is 5.62. The first-order valence-electron chi connectivity index (χ1n) is 8.56. The SMILES string of the molecule is O=C1Nc2ccccc2S/C1=C\c1cc(Cl)ccc1OCc1ccccc1Cl. The summed E-state index contributed by atoms with van der Waals surface area (Å²) in [4.78, 5) is 14.1. The van der Waals surface area contributed by atoms with E-state index in [4.69, 9.17) is 27.9 Å². The molecule has 0 aromatic heterocycles. The van der Waals surface area contributed by atoms with Crippen molar-refractivity contribution in [1.29, 1.82) is 0 Å². The third-order valence-electron chi connectivity index (χ3n) is 4.18. The van der Waals surface area contributed by atoms with Crippen molar-refractivity contribution in [1.82, 2.24) is 0 Å². The molecule has 1 amide bonds. The summed E-state index contributed by atoms with van der Waals surface area (Å²) >= 11 is 13.8. The van der Waals surface area contributed by atoms with Crippen molar-refractivity contribution in [3.8, 4) is 5.75 Å². The first-order chi connectivity index (χ1) is 13.6. The van der Waals surface area contributed by atoms with Crippen LogP contribution in [-0.4, -0.2) is 5.91 Å². The van der Waals surface area contributed by atoms with E-state index in [-0.39, 0.29) is 5.91 Å². The van der Waals surface area contributed by atoms with Gasteiger partial charge in [-0.1, -0.05) is 65.3 Å². The molecular formula is C22H15Cl2NO2S. The first kappa shape index (κ1) is 18.9. The van der Waals surface area contributed by atoms with Crippen molar-refractivity contribution in [3.05, 3.63) is 92.8 Å². The van der Waals surface area contributed by atoms with E-state index in [0.29, 0.717) is 27.3 Å². The molecule has 4 rings (SSSR count). The van der Waals surface area contributed by atoms with Crippen LogP contribution in [0.3, 0.4) is 0 Å². The lowest BCUT2D eigenvalue weighted by Crippen LogP contribution is -2.17. The van der Waals surface area contributed by atoms with Gasteiger partial charge in [-0.25, -0.2) is 0 Å². The molecule has 3 nitrogen and oxygen atoms in total. The number of hydrogen-bond acceptors (Lipinski definition) is 3. The van der Waals surface area contributed by atoms with Gasteiger partial charge in [-0.3, -0.25) is 4.79 Å². The van der Waals surface area contributed by atoms with Crippen molar-refractivity contribution >= 4 is 52.6 Å². The van der Waals surface area contributed by atoms with Gasteiger partial charge >= 0.3 is 0 Å². The Balaban J connectivity index is 1.63. The molecule has 0 saturated carbocycles. The largest absolute Gasteiger partial charge is 0.488 e. The lowest BCUT2D eigenvalue weighted by molar-refractivity contribution is -0.112. The van der Waals surface area contributed by atoms with Crippen LogP contribution in [0.15, 0.2) is 76.5 Å². The van der Waals surface area contributed by atoms with Gasteiger partial charge in [-0.05, 0) is 42.5 Å². The minimum absolute atomic E-state index is 0.152. The van der Waals surface area contributed by atoms with Crippen molar-refractivity contribution < 1.29 is 9.53 Å². The Bertz CT molecular complexity index is 1080. The van der Waals surface area contributed by atoms with E-state index in [1.54, 1.807) is 24.3 Å². The number of thioether (sulfide) groups is 1. The summed E-state index contributed by atoms with van der Waals surface area (Å²) < 4.78 is 5.98. The molecule has 140 valence electrons. The number of ether oxygens (including phenoxy) is 1. The van der Waals surface area contributed by atoms with E-state index >= 15 is 0 Å². The van der Waals surface area contributed by atoms with E-state index in [9.17, 15) is 4.79 Å². The monoisotopic (exact) mass is 427 g/mol. The molecule has 0 atom stereocenters. The molecule has 3 aromatic carbocycles. The number of hydrogen-bond donors (Lipinski definition) is 1. The molecule has 1 aliphatic heterocycles. The molecule has 1 N–H and O–H groups in total. The van der Waals surface area contributed by atoms with Crippen LogP contribution in [-0.2, 0) is 11.4 Å². The fourth-order valence-corrected chi connectivity index (χ4v) is 4.09. The van der Waals surface area contributed by atoms with E-state index in [1.807, 2.05) is 48.5 Å². The topological polar surface area (TPSA) is 38.3 Å². The lowest BCUT2D eigenvalue weighted by Gasteiger charge is -2.18. The summed E-state index contributed by atoms with van der Waals surface area (Å²) in [5, 5.41) is 4.13. The standard InChI is InChI=1S/C22H15Cl2NO2S/c23-16-9-10-19(27-13-14-5-1-2-6-17(14)24)15(11-16)12-21-22(26)25-18-7-3-4-8-20(18)28-21/h1-12H,13H2,(H,25,26)/b21-12-. The fourth-order valence-electron chi connectivity index (χ4n) is 2.78. The minimum atomic E-state index is -0.152. The number of carbonyl (C=O) groups excluding carboxylic acids is 1. The number of anilines is 1. The summed E-state index contributed by atoms with van der Waals surface area (Å²) in [6.07, 6.45) is 1.80. The fraction of sp³-hybridized carbons (Fsp3) is 0.0455. The molecule has 0 aliphatic carbocycles. The zero-order chi connectivity index (χ0) is 19.5. The molecule has 1 aliphatic rings. The maximum absolute atomic E-state index is 12.5. The van der Waals surface area contributed by atoms with Crippen LogP contribution in [0.25, 0.3) is 6.08 Å². The van der Waals surface area contributed by atoms with Crippen molar-refractivity contribution in [3.63, 3.8) is 0 Å². The maximum atomic E-state index is 12.5. The zero-order valence-electron chi connectivity index (χ0n) is 14.6. The molecule has 6 heteroatoms. The van der Waals surface area contributed by atoms with Gasteiger partial charge in [0.1, 0.15) is 12.4 Å². The van der Waals surface area contributed by atoms with E-state index in [0.717, 1.165) is 21.7 Å². The van der Waals surface area contributed by atoms with Crippen molar-refractivity contribution in [2.45, 2.75) is 11.5 Å². The van der Waals surface area contributed by atoms with Crippen LogP contribution >= 0.6 is 35.0 Å². The van der Waals surface area contributed by atoms with E-state index in [2.05, 4.69) is 5.32 Å². The molecule has 0 radical (unpaired) electrons. The number of halogens is 2. The highest BCUT2D eigenvalue weighted by molar-refractivity contribution is 8.04. The summed E-state index contributed by atoms with van der Waals surface area (Å²) in [5.74, 6) is 0.477. The molecule has 3 aromatic rings. The second kappa shape index (κ2) is 8.31. The van der Waals surface area contributed by atoms with Crippen LogP contribution < -0.4 is 10.1 Å². The average Bonchev–Trinajstić information content (AvgIpc) is 2.69. The molecular weight excluding hydrogens is 413 g/mol. The minimum Gasteiger partial charge on any atom is -0.488 e. The van der Waals surface area contributed by atoms with Crippen LogP contribution in [0.5, 0.6) is 5.75 Å². The average molecular weight is 428 g/mol. The summed E-state index contributed by atoms with van der Waals surface area (Å²) in [5.41, 5.74) is 2.43. The number of para-hydroxylation sites is 1. The molecule has 1 heterocycles. The van der Waals surface area contributed by atoms with Gasteiger partial charge in [0, 0.05) is 26.1 Å². The third kappa shape index (κ3) is 4.20. The van der Waals surface area contributed by atoms with Gasteiger partial charge in [0.05, 0.1) is 10.6 Å². The van der Waals surface area contributed by atoms with E-state index in [1.165, 1.54) is 11.8 Å². The normalized spacial score (nSPS) is 14.5. The van der Waals surface area contributed by atoms with Gasteiger partial charge in [-0.2, -0.15) is 0 Å². The highest BCUT2D eigenvalue weighted by atomic mass is 35.5. The summed E-state index contributed by atoms with van der Waals surface area (Å²) in [6, 6.07) is 20.6. The molecule has 0 unspecified atom stereocenters. The Labute approximate surface area is 177 Å². The van der Waals surface area contributed by atoms with Gasteiger partial charge in [0.2, 0.25) is 0 Å². The van der Waals surface area contributed by atoms with Crippen molar-refractivity contribution in [2.75, 3.05) is 5.32 Å². The van der Waals surface area contributed by atoms with Gasteiger partial charge < -0.3 is 10.1 Å². The van der Waals surface area contributed by atoms with E-state index < -0.39 is 0 Å². The quantitative estimate of drug-likeness (QED) is 0.473. The number of carbonyl (C=O) groups is 1. The Morgan fingerprint density at radius 3 is 2.64 bits per heavy atom. The summed E-state index contributed by atoms with van der Waals surface area (Å²) in [7, 11) is 0. The number of amides is 1. The van der Waals surface area contributed by atoms with Crippen LogP contribution in [0.1, 0.15) is 11.1 Å². The predicted molar refractivity (Wildman–Crippen MR) is 116 cm³/mol. The highest BCUT2D eigenvalue weighted by Crippen LogP contribution is 2.39. The van der Waals surface area contributed by atoms with Crippen LogP contribution in [0.2, 0.25) is 10.0 Å². The maximum Gasteiger partial charge on any atom is 0.262 e. The Hall–Kier alpha value is -2.40. The highest BCUT2D eigenvalue weighted by Gasteiger charge is 2.21. The number of nitrogens with one attached hydrogen (secondary N) is 1. The number of rotatable bonds is 4. The van der Waals surface area contributed by atoms with Crippen LogP contribution in [0, 0.1) is 0 Å². The second-order valence-electron chi connectivity index (χ2n) is 6.12. The Morgan fingerprint density at radius 1 is 1.00 bits per heavy atom. The lowest BCUT2D eigenvalue weighted by atomic mass is 10.1. The smallest absolute Gasteiger partial charge is 0.262 e. The molecule has 0 bridgehead atoms. The van der Waals surface area contributed by atoms with Gasteiger partial charge in [-0.15, -0.1) is 0 Å². The third-order valence-corrected chi connectivity index (χ3v) is 5.88. The predicted octanol–water partition coefficient (Wildman–Crippen LogP) is 6.66. The number of benzene rings is 3. The molecule has 0 fully saturated rings. The van der Waals surface area contributed by atoms with Crippen molar-refractivity contribution in [2.24, 2.45) is 0 Å². The number of fused-ring (bicyclic) bond motifs is 1. The van der Waals surface area contributed by atoms with Gasteiger partial charge in [0.15, 0.2) is 0 Å². The first-order valence-corrected chi connectivity index (χ1v) is 10.1. The molecule has 0 saturated heterocycles. The second-order valence-corrected chi connectivity index (χ2v) is 8.05. The van der Waals surface area contributed by atoms with Gasteiger partial charge in [0.25, 0.3) is 5.91 Å². The zero-order valence-corrected chi connectivity index (χ0v) is 16.9. The Morgan fingerprint density at radius 2 is 1.79 bits per heavy atom.